The Hall–Kier alpha value is -1.57. The van der Waals surface area contributed by atoms with Gasteiger partial charge in [0.1, 0.15) is 11.3 Å². The van der Waals surface area contributed by atoms with E-state index in [0.29, 0.717) is 33.0 Å². The summed E-state index contributed by atoms with van der Waals surface area (Å²) >= 11 is 13.9. The highest BCUT2D eigenvalue weighted by Gasteiger charge is 2.24. The molecule has 162 valence electrons. The van der Waals surface area contributed by atoms with E-state index in [0.717, 1.165) is 29.9 Å². The van der Waals surface area contributed by atoms with Crippen molar-refractivity contribution < 1.29 is 9.53 Å². The number of anilines is 1. The molecule has 0 saturated heterocycles. The fraction of sp³-hybridized carbons (Fsp3) is 0.333. The standard InChI is InChI=1S/C21H23Cl2N3O2S.ClH/c1-4-25(5-2)11-12-26(20(27)15-13-14(22)9-10-16(15)23)21-24-19-17(28-3)7-6-8-18(19)29-21;/h6-10,13H,4-5,11-12H2,1-3H3;1H. The number of carbonyl (C=O) groups excluding carboxylic acids is 1. The number of halogens is 3. The number of fused-ring (bicyclic) bond motifs is 1. The van der Waals surface area contributed by atoms with Crippen LogP contribution in [0.15, 0.2) is 36.4 Å². The number of methoxy groups -OCH3 is 1. The molecule has 0 aliphatic heterocycles. The lowest BCUT2D eigenvalue weighted by Gasteiger charge is -2.25. The number of hydrogen-bond acceptors (Lipinski definition) is 5. The summed E-state index contributed by atoms with van der Waals surface area (Å²) in [6, 6.07) is 10.7. The van der Waals surface area contributed by atoms with Crippen molar-refractivity contribution in [3.05, 3.63) is 52.0 Å². The molecule has 0 atom stereocenters. The number of benzene rings is 2. The van der Waals surface area contributed by atoms with Gasteiger partial charge in [0.25, 0.3) is 5.91 Å². The zero-order valence-electron chi connectivity index (χ0n) is 17.0. The Morgan fingerprint density at radius 1 is 1.13 bits per heavy atom. The zero-order chi connectivity index (χ0) is 21.0. The third-order valence-corrected chi connectivity index (χ3v) is 6.37. The number of para-hydroxylation sites is 1. The Bertz CT molecular complexity index is 1010. The van der Waals surface area contributed by atoms with E-state index in [-0.39, 0.29) is 18.3 Å². The van der Waals surface area contributed by atoms with Gasteiger partial charge in [-0.05, 0) is 43.4 Å². The molecule has 1 amide bonds. The highest BCUT2D eigenvalue weighted by molar-refractivity contribution is 7.22. The van der Waals surface area contributed by atoms with Gasteiger partial charge in [0.2, 0.25) is 0 Å². The summed E-state index contributed by atoms with van der Waals surface area (Å²) in [5.74, 6) is 0.463. The molecule has 1 heterocycles. The van der Waals surface area contributed by atoms with Crippen molar-refractivity contribution in [3.63, 3.8) is 0 Å². The van der Waals surface area contributed by atoms with Gasteiger partial charge in [-0.15, -0.1) is 12.4 Å². The van der Waals surface area contributed by atoms with Crippen molar-refractivity contribution in [2.75, 3.05) is 38.2 Å². The third kappa shape index (κ3) is 5.37. The van der Waals surface area contributed by atoms with Gasteiger partial charge in [-0.25, -0.2) is 4.98 Å². The van der Waals surface area contributed by atoms with Gasteiger partial charge in [-0.3, -0.25) is 9.69 Å². The third-order valence-electron chi connectivity index (χ3n) is 4.76. The quantitative estimate of drug-likeness (QED) is 0.389. The molecule has 3 rings (SSSR count). The van der Waals surface area contributed by atoms with Crippen molar-refractivity contribution in [1.82, 2.24) is 9.88 Å². The minimum Gasteiger partial charge on any atom is -0.494 e. The number of nitrogens with zero attached hydrogens (tertiary/aromatic N) is 3. The second-order valence-electron chi connectivity index (χ2n) is 6.41. The number of ether oxygens (including phenoxy) is 1. The molecule has 5 nitrogen and oxygen atoms in total. The van der Waals surface area contributed by atoms with E-state index in [1.165, 1.54) is 11.3 Å². The number of likely N-dealkylation sites (N-methyl/N-ethyl adjacent to an activating group) is 1. The van der Waals surface area contributed by atoms with Crippen molar-refractivity contribution in [3.8, 4) is 5.75 Å². The van der Waals surface area contributed by atoms with Gasteiger partial charge in [-0.2, -0.15) is 0 Å². The first-order valence-corrected chi connectivity index (χ1v) is 11.0. The van der Waals surface area contributed by atoms with Crippen molar-refractivity contribution in [2.24, 2.45) is 0 Å². The fourth-order valence-electron chi connectivity index (χ4n) is 3.06. The van der Waals surface area contributed by atoms with E-state index in [1.54, 1.807) is 30.2 Å². The van der Waals surface area contributed by atoms with Crippen LogP contribution in [0, 0.1) is 0 Å². The highest BCUT2D eigenvalue weighted by Crippen LogP contribution is 2.35. The number of amides is 1. The van der Waals surface area contributed by atoms with E-state index in [2.05, 4.69) is 18.7 Å². The van der Waals surface area contributed by atoms with Gasteiger partial charge >= 0.3 is 0 Å². The molecule has 1 aromatic heterocycles. The van der Waals surface area contributed by atoms with E-state index >= 15 is 0 Å². The van der Waals surface area contributed by atoms with Gasteiger partial charge in [0.05, 0.1) is 22.4 Å². The minimum atomic E-state index is -0.220. The monoisotopic (exact) mass is 487 g/mol. The predicted octanol–water partition coefficient (Wildman–Crippen LogP) is 6.02. The minimum absolute atomic E-state index is 0. The molecule has 0 N–H and O–H groups in total. The Kier molecular flexibility index (Phi) is 9.19. The molecule has 0 aliphatic rings. The number of thiazole rings is 1. The predicted molar refractivity (Wildman–Crippen MR) is 129 cm³/mol. The molecule has 9 heteroatoms. The maximum Gasteiger partial charge on any atom is 0.261 e. The van der Waals surface area contributed by atoms with Crippen molar-refractivity contribution in [1.29, 1.82) is 0 Å². The van der Waals surface area contributed by atoms with Crippen molar-refractivity contribution >= 4 is 68.2 Å². The summed E-state index contributed by atoms with van der Waals surface area (Å²) in [5.41, 5.74) is 1.11. The summed E-state index contributed by atoms with van der Waals surface area (Å²) in [4.78, 5) is 22.1. The Morgan fingerprint density at radius 3 is 2.53 bits per heavy atom. The lowest BCUT2D eigenvalue weighted by molar-refractivity contribution is 0.0984. The molecule has 2 aromatic carbocycles. The van der Waals surface area contributed by atoms with Crippen LogP contribution in [0.4, 0.5) is 5.13 Å². The normalized spacial score (nSPS) is 10.9. The topological polar surface area (TPSA) is 45.7 Å². The number of carbonyl (C=O) groups is 1. The van der Waals surface area contributed by atoms with E-state index < -0.39 is 0 Å². The van der Waals surface area contributed by atoms with Crippen LogP contribution in [0.5, 0.6) is 5.75 Å². The number of rotatable bonds is 8. The summed E-state index contributed by atoms with van der Waals surface area (Å²) in [5, 5.41) is 1.44. The van der Waals surface area contributed by atoms with Gasteiger partial charge in [0, 0.05) is 18.1 Å². The molecule has 0 unspecified atom stereocenters. The van der Waals surface area contributed by atoms with Crippen LogP contribution in [-0.4, -0.2) is 49.1 Å². The van der Waals surface area contributed by atoms with Crippen LogP contribution in [0.1, 0.15) is 24.2 Å². The maximum atomic E-state index is 13.4. The largest absolute Gasteiger partial charge is 0.494 e. The van der Waals surface area contributed by atoms with Crippen LogP contribution in [0.25, 0.3) is 10.2 Å². The van der Waals surface area contributed by atoms with Crippen LogP contribution >= 0.6 is 46.9 Å². The molecule has 3 aromatic rings. The maximum absolute atomic E-state index is 13.4. The lowest BCUT2D eigenvalue weighted by Crippen LogP contribution is -2.39. The molecule has 0 aliphatic carbocycles. The first-order chi connectivity index (χ1) is 14.0. The fourth-order valence-corrected chi connectivity index (χ4v) is 4.44. The van der Waals surface area contributed by atoms with Gasteiger partial charge in [0.15, 0.2) is 5.13 Å². The molecular formula is C21H24Cl3N3O2S. The Labute approximate surface area is 197 Å². The molecule has 0 saturated carbocycles. The van der Waals surface area contributed by atoms with E-state index in [1.807, 2.05) is 18.2 Å². The first-order valence-electron chi connectivity index (χ1n) is 9.41. The highest BCUT2D eigenvalue weighted by atomic mass is 35.5. The van der Waals surface area contributed by atoms with E-state index in [4.69, 9.17) is 32.9 Å². The molecule has 0 fully saturated rings. The van der Waals surface area contributed by atoms with Gasteiger partial charge in [-0.1, -0.05) is 54.5 Å². The van der Waals surface area contributed by atoms with Gasteiger partial charge < -0.3 is 9.64 Å². The second kappa shape index (κ2) is 11.2. The summed E-state index contributed by atoms with van der Waals surface area (Å²) in [6.07, 6.45) is 0. The summed E-state index contributed by atoms with van der Waals surface area (Å²) in [6.45, 7) is 7.24. The lowest BCUT2D eigenvalue weighted by atomic mass is 10.2. The van der Waals surface area contributed by atoms with Crippen LogP contribution in [-0.2, 0) is 0 Å². The van der Waals surface area contributed by atoms with E-state index in [9.17, 15) is 4.79 Å². The number of aromatic nitrogens is 1. The Balaban J connectivity index is 0.00000320. The van der Waals surface area contributed by atoms with Crippen LogP contribution in [0.3, 0.4) is 0 Å². The molecule has 30 heavy (non-hydrogen) atoms. The summed E-state index contributed by atoms with van der Waals surface area (Å²) in [7, 11) is 1.61. The summed E-state index contributed by atoms with van der Waals surface area (Å²) < 4.78 is 6.38. The zero-order valence-corrected chi connectivity index (χ0v) is 20.2. The van der Waals surface area contributed by atoms with Crippen molar-refractivity contribution in [2.45, 2.75) is 13.8 Å². The Morgan fingerprint density at radius 2 is 1.87 bits per heavy atom. The van der Waals surface area contributed by atoms with Crippen LogP contribution < -0.4 is 9.64 Å². The molecule has 0 bridgehead atoms. The molecular weight excluding hydrogens is 465 g/mol. The first kappa shape index (κ1) is 24.7. The SMILES string of the molecule is CCN(CC)CCN(C(=O)c1cc(Cl)ccc1Cl)c1nc2c(OC)cccc2s1.Cl. The average Bonchev–Trinajstić information content (AvgIpc) is 3.16. The molecule has 0 radical (unpaired) electrons. The smallest absolute Gasteiger partial charge is 0.261 e. The van der Waals surface area contributed by atoms with Crippen LogP contribution in [0.2, 0.25) is 10.0 Å². The second-order valence-corrected chi connectivity index (χ2v) is 8.26. The number of hydrogen-bond donors (Lipinski definition) is 0. The average molecular weight is 489 g/mol. The molecule has 0 spiro atoms.